The molecule has 4 fully saturated rings. The zero-order valence-electron chi connectivity index (χ0n) is 18.0. The van der Waals surface area contributed by atoms with Crippen LogP contribution in [0.2, 0.25) is 0 Å². The Morgan fingerprint density at radius 2 is 1.65 bits per heavy atom. The molecule has 1 aromatic carbocycles. The Morgan fingerprint density at radius 3 is 2.32 bits per heavy atom. The molecule has 6 heteroatoms. The number of carbonyl (C=O) groups excluding carboxylic acids is 3. The fourth-order valence-corrected chi connectivity index (χ4v) is 6.41. The van der Waals surface area contributed by atoms with Gasteiger partial charge in [-0.3, -0.25) is 24.7 Å². The van der Waals surface area contributed by atoms with E-state index < -0.39 is 17.8 Å². The van der Waals surface area contributed by atoms with E-state index in [0.29, 0.717) is 24.3 Å². The lowest BCUT2D eigenvalue weighted by atomic mass is 9.65. The second-order valence-electron chi connectivity index (χ2n) is 9.59. The molecular weight excluding hydrogens is 390 g/mol. The summed E-state index contributed by atoms with van der Waals surface area (Å²) in [6.07, 6.45) is 9.55. The molecule has 1 N–H and O–H groups in total. The Balaban J connectivity index is 1.31. The summed E-state index contributed by atoms with van der Waals surface area (Å²) in [7, 11) is 0. The standard InChI is InChI=1S/C25H31N3O3/c29-23-21(24(30)28(25(31)26-23)13-10-17-6-2-1-3-7-17)16-18-14-19-8-4-11-27-12-5-9-20(15-18)22(19)27/h1-3,6-7,16,18-20,22H,4-5,8-15H2,(H,26,29,31)/b21-16+/t18?,19-,20+,22?. The van der Waals surface area contributed by atoms with Crippen LogP contribution in [0.4, 0.5) is 4.79 Å². The Hall–Kier alpha value is -2.47. The van der Waals surface area contributed by atoms with Gasteiger partial charge in [-0.05, 0) is 81.4 Å². The minimum atomic E-state index is -0.609. The Morgan fingerprint density at radius 1 is 0.968 bits per heavy atom. The van der Waals surface area contributed by atoms with Crippen molar-refractivity contribution in [1.29, 1.82) is 0 Å². The second kappa shape index (κ2) is 8.58. The smallest absolute Gasteiger partial charge is 0.300 e. The second-order valence-corrected chi connectivity index (χ2v) is 9.59. The Kier molecular flexibility index (Phi) is 5.65. The van der Waals surface area contributed by atoms with Gasteiger partial charge in [0.15, 0.2) is 0 Å². The van der Waals surface area contributed by atoms with Crippen LogP contribution < -0.4 is 5.32 Å². The number of nitrogens with zero attached hydrogens (tertiary/aromatic N) is 2. The number of benzene rings is 1. The summed E-state index contributed by atoms with van der Waals surface area (Å²) in [5.41, 5.74) is 1.21. The van der Waals surface area contributed by atoms with E-state index in [2.05, 4.69) is 10.2 Å². The summed E-state index contributed by atoms with van der Waals surface area (Å²) in [6, 6.07) is 9.86. The molecule has 1 aliphatic carbocycles. The number of urea groups is 1. The molecule has 3 aliphatic heterocycles. The molecule has 3 saturated heterocycles. The number of barbiturate groups is 1. The SMILES string of the molecule is O=C1NC(=O)N(CCc2ccccc2)C(=O)/C1=C/C1C[C@H]2CCCN3CCC[C@@H](C1)C23. The predicted molar refractivity (Wildman–Crippen MR) is 117 cm³/mol. The van der Waals surface area contributed by atoms with E-state index in [1.165, 1.54) is 43.7 Å². The molecule has 0 radical (unpaired) electrons. The fourth-order valence-electron chi connectivity index (χ4n) is 6.41. The van der Waals surface area contributed by atoms with Crippen molar-refractivity contribution >= 4 is 17.8 Å². The number of imide groups is 2. The van der Waals surface area contributed by atoms with Crippen LogP contribution in [0.5, 0.6) is 0 Å². The van der Waals surface area contributed by atoms with Crippen molar-refractivity contribution in [2.75, 3.05) is 19.6 Å². The normalized spacial score (nSPS) is 32.7. The van der Waals surface area contributed by atoms with Crippen LogP contribution in [0.3, 0.4) is 0 Å². The highest BCUT2D eigenvalue weighted by atomic mass is 16.2. The molecule has 1 aromatic rings. The number of allylic oxidation sites excluding steroid dienone is 1. The quantitative estimate of drug-likeness (QED) is 0.599. The average molecular weight is 422 g/mol. The van der Waals surface area contributed by atoms with E-state index in [-0.39, 0.29) is 18.0 Å². The third kappa shape index (κ3) is 4.05. The molecule has 31 heavy (non-hydrogen) atoms. The van der Waals surface area contributed by atoms with Gasteiger partial charge in [-0.1, -0.05) is 36.4 Å². The van der Waals surface area contributed by atoms with Crippen LogP contribution in [0, 0.1) is 17.8 Å². The van der Waals surface area contributed by atoms with E-state index in [4.69, 9.17) is 0 Å². The first-order chi connectivity index (χ1) is 15.1. The molecule has 4 amide bonds. The van der Waals surface area contributed by atoms with Gasteiger partial charge in [0.2, 0.25) is 0 Å². The van der Waals surface area contributed by atoms with Gasteiger partial charge in [0.1, 0.15) is 5.57 Å². The minimum absolute atomic E-state index is 0.152. The fraction of sp³-hybridized carbons (Fsp3) is 0.560. The zero-order valence-corrected chi connectivity index (χ0v) is 18.0. The van der Waals surface area contributed by atoms with E-state index in [1.807, 2.05) is 36.4 Å². The van der Waals surface area contributed by atoms with Crippen molar-refractivity contribution in [3.63, 3.8) is 0 Å². The summed E-state index contributed by atoms with van der Waals surface area (Å²) < 4.78 is 0. The molecule has 5 rings (SSSR count). The van der Waals surface area contributed by atoms with Crippen molar-refractivity contribution in [3.05, 3.63) is 47.5 Å². The van der Waals surface area contributed by atoms with E-state index in [1.54, 1.807) is 0 Å². The van der Waals surface area contributed by atoms with Gasteiger partial charge >= 0.3 is 6.03 Å². The summed E-state index contributed by atoms with van der Waals surface area (Å²) in [4.78, 5) is 41.9. The maximum Gasteiger partial charge on any atom is 0.331 e. The number of nitrogens with one attached hydrogen (secondary N) is 1. The molecule has 0 spiro atoms. The van der Waals surface area contributed by atoms with Gasteiger partial charge in [0.25, 0.3) is 11.8 Å². The molecular formula is C25H31N3O3. The molecule has 164 valence electrons. The zero-order chi connectivity index (χ0) is 21.4. The predicted octanol–water partition coefficient (Wildman–Crippen LogP) is 3.13. The van der Waals surface area contributed by atoms with Gasteiger partial charge in [-0.15, -0.1) is 0 Å². The van der Waals surface area contributed by atoms with Gasteiger partial charge in [-0.2, -0.15) is 0 Å². The summed E-state index contributed by atoms with van der Waals surface area (Å²) in [5, 5.41) is 2.39. The lowest BCUT2D eigenvalue weighted by molar-refractivity contribution is -0.130. The summed E-state index contributed by atoms with van der Waals surface area (Å²) in [6.45, 7) is 2.72. The first kappa shape index (κ1) is 20.4. The van der Waals surface area contributed by atoms with Gasteiger partial charge in [-0.25, -0.2) is 4.79 Å². The molecule has 1 saturated carbocycles. The number of amides is 4. The third-order valence-corrected chi connectivity index (χ3v) is 7.69. The molecule has 0 bridgehead atoms. The number of piperidine rings is 2. The lowest BCUT2D eigenvalue weighted by Gasteiger charge is -2.53. The van der Waals surface area contributed by atoms with Crippen LogP contribution in [-0.2, 0) is 16.0 Å². The van der Waals surface area contributed by atoms with Gasteiger partial charge in [0.05, 0.1) is 0 Å². The van der Waals surface area contributed by atoms with Gasteiger partial charge in [0, 0.05) is 12.6 Å². The van der Waals surface area contributed by atoms with Crippen molar-refractivity contribution in [2.45, 2.75) is 51.0 Å². The molecule has 0 aromatic heterocycles. The van der Waals surface area contributed by atoms with Crippen molar-refractivity contribution in [1.82, 2.24) is 15.1 Å². The van der Waals surface area contributed by atoms with E-state index in [0.717, 1.165) is 18.4 Å². The highest BCUT2D eigenvalue weighted by Crippen LogP contribution is 2.46. The summed E-state index contributed by atoms with van der Waals surface area (Å²) in [5.74, 6) is 0.570. The number of hydrogen-bond acceptors (Lipinski definition) is 4. The first-order valence-electron chi connectivity index (χ1n) is 11.8. The van der Waals surface area contributed by atoms with Crippen LogP contribution in [0.25, 0.3) is 0 Å². The Labute approximate surface area is 183 Å². The third-order valence-electron chi connectivity index (χ3n) is 7.69. The maximum absolute atomic E-state index is 13.1. The monoisotopic (exact) mass is 421 g/mol. The molecule has 6 nitrogen and oxygen atoms in total. The molecule has 2 unspecified atom stereocenters. The highest BCUT2D eigenvalue weighted by Gasteiger charge is 2.44. The number of carbonyl (C=O) groups is 3. The minimum Gasteiger partial charge on any atom is -0.300 e. The average Bonchev–Trinajstić information content (AvgIpc) is 2.77. The van der Waals surface area contributed by atoms with E-state index >= 15 is 0 Å². The Bertz CT molecular complexity index is 877. The van der Waals surface area contributed by atoms with Gasteiger partial charge < -0.3 is 0 Å². The molecule has 3 heterocycles. The van der Waals surface area contributed by atoms with Crippen molar-refractivity contribution in [3.8, 4) is 0 Å². The highest BCUT2D eigenvalue weighted by molar-refractivity contribution is 6.28. The maximum atomic E-state index is 13.1. The number of rotatable bonds is 4. The largest absolute Gasteiger partial charge is 0.331 e. The topological polar surface area (TPSA) is 69.7 Å². The van der Waals surface area contributed by atoms with Crippen LogP contribution in [-0.4, -0.2) is 53.3 Å². The summed E-state index contributed by atoms with van der Waals surface area (Å²) >= 11 is 0. The van der Waals surface area contributed by atoms with Crippen LogP contribution in [0.15, 0.2) is 42.0 Å². The van der Waals surface area contributed by atoms with E-state index in [9.17, 15) is 14.4 Å². The van der Waals surface area contributed by atoms with Crippen LogP contribution in [0.1, 0.15) is 44.1 Å². The first-order valence-corrected chi connectivity index (χ1v) is 11.8. The lowest BCUT2D eigenvalue weighted by Crippen LogP contribution is -2.56. The number of hydrogen-bond donors (Lipinski definition) is 1. The van der Waals surface area contributed by atoms with Crippen molar-refractivity contribution < 1.29 is 14.4 Å². The molecule has 4 aliphatic rings. The van der Waals surface area contributed by atoms with Crippen molar-refractivity contribution in [2.24, 2.45) is 17.8 Å². The van der Waals surface area contributed by atoms with Crippen LogP contribution >= 0.6 is 0 Å². The molecule has 4 atom stereocenters.